The molecular weight excluding hydrogens is 314 g/mol. The second-order valence-electron chi connectivity index (χ2n) is 7.39. The summed E-state index contributed by atoms with van der Waals surface area (Å²) in [4.78, 5) is 26.8. The van der Waals surface area contributed by atoms with E-state index in [0.717, 1.165) is 37.8 Å². The predicted octanol–water partition coefficient (Wildman–Crippen LogP) is 2.37. The number of nitrogens with one attached hydrogen (secondary N) is 1. The monoisotopic (exact) mass is 343 g/mol. The number of amides is 2. The number of rotatable bonds is 5. The average Bonchev–Trinajstić information content (AvgIpc) is 2.63. The topological polar surface area (TPSA) is 75.4 Å². The molecule has 1 aliphatic carbocycles. The van der Waals surface area contributed by atoms with E-state index in [1.807, 2.05) is 30.3 Å². The molecule has 3 rings (SSSR count). The fraction of sp³-hybridized carbons (Fsp3) is 0.600. The highest BCUT2D eigenvalue weighted by atomic mass is 16.2. The molecule has 136 valence electrons. The molecule has 25 heavy (non-hydrogen) atoms. The van der Waals surface area contributed by atoms with Gasteiger partial charge in [-0.05, 0) is 37.8 Å². The third-order valence-corrected chi connectivity index (χ3v) is 5.53. The summed E-state index contributed by atoms with van der Waals surface area (Å²) in [7, 11) is 0. The molecule has 0 aromatic heterocycles. The van der Waals surface area contributed by atoms with Crippen LogP contribution in [0.1, 0.15) is 56.6 Å². The zero-order chi connectivity index (χ0) is 17.6. The molecule has 1 heterocycles. The molecule has 0 spiro atoms. The Kier molecular flexibility index (Phi) is 6.08. The van der Waals surface area contributed by atoms with E-state index in [9.17, 15) is 9.59 Å². The Morgan fingerprint density at radius 3 is 2.44 bits per heavy atom. The third kappa shape index (κ3) is 4.60. The van der Waals surface area contributed by atoms with E-state index < -0.39 is 6.04 Å². The van der Waals surface area contributed by atoms with Crippen LogP contribution in [0.2, 0.25) is 0 Å². The van der Waals surface area contributed by atoms with Crippen molar-refractivity contribution in [2.75, 3.05) is 13.1 Å². The first-order chi connectivity index (χ1) is 12.1. The number of hydrogen-bond acceptors (Lipinski definition) is 3. The molecule has 0 radical (unpaired) electrons. The lowest BCUT2D eigenvalue weighted by atomic mass is 9.91. The lowest BCUT2D eigenvalue weighted by molar-refractivity contribution is -0.131. The summed E-state index contributed by atoms with van der Waals surface area (Å²) in [6.45, 7) is 1.40. The summed E-state index contributed by atoms with van der Waals surface area (Å²) >= 11 is 0. The molecule has 5 nitrogen and oxygen atoms in total. The highest BCUT2D eigenvalue weighted by molar-refractivity contribution is 5.82. The number of carbonyl (C=O) groups is 2. The largest absolute Gasteiger partial charge is 0.368 e. The normalized spacial score (nSPS) is 23.8. The van der Waals surface area contributed by atoms with Gasteiger partial charge in [0.05, 0.1) is 5.92 Å². The summed E-state index contributed by atoms with van der Waals surface area (Å²) in [6, 6.07) is 9.51. The van der Waals surface area contributed by atoms with Crippen LogP contribution in [0.5, 0.6) is 0 Å². The van der Waals surface area contributed by atoms with Crippen molar-refractivity contribution in [2.45, 2.75) is 57.0 Å². The minimum Gasteiger partial charge on any atom is -0.368 e. The van der Waals surface area contributed by atoms with Crippen LogP contribution in [-0.4, -0.2) is 35.8 Å². The van der Waals surface area contributed by atoms with Gasteiger partial charge >= 0.3 is 0 Å². The van der Waals surface area contributed by atoms with Crippen molar-refractivity contribution >= 4 is 11.8 Å². The number of benzene rings is 1. The summed E-state index contributed by atoms with van der Waals surface area (Å²) in [5.74, 6) is -0.256. The molecule has 1 aliphatic heterocycles. The minimum absolute atomic E-state index is 0.0544. The van der Waals surface area contributed by atoms with E-state index in [1.165, 1.54) is 19.3 Å². The molecule has 2 amide bonds. The fourth-order valence-corrected chi connectivity index (χ4v) is 4.21. The van der Waals surface area contributed by atoms with Gasteiger partial charge in [-0.15, -0.1) is 0 Å². The van der Waals surface area contributed by atoms with Gasteiger partial charge in [-0.25, -0.2) is 0 Å². The third-order valence-electron chi connectivity index (χ3n) is 5.53. The molecule has 1 aromatic rings. The van der Waals surface area contributed by atoms with Crippen molar-refractivity contribution < 1.29 is 9.59 Å². The standard InChI is InChI=1S/C20H29N3O2/c21-19(24)18(15-8-3-1-4-9-15)23-13-7-10-16(14-23)20(25)22-17-11-5-2-6-12-17/h1,3-4,8-9,16-18H,2,5-7,10-14H2,(H2,21,24)(H,22,25)/t16-,18-/m1/s1. The Balaban J connectivity index is 1.64. The van der Waals surface area contributed by atoms with E-state index in [-0.39, 0.29) is 17.7 Å². The molecule has 1 aromatic carbocycles. The van der Waals surface area contributed by atoms with E-state index in [1.54, 1.807) is 0 Å². The van der Waals surface area contributed by atoms with Crippen molar-refractivity contribution in [3.63, 3.8) is 0 Å². The number of carbonyl (C=O) groups excluding carboxylic acids is 2. The SMILES string of the molecule is NC(=O)[C@@H](c1ccccc1)N1CCC[C@@H](C(=O)NC2CCCCC2)C1. The highest BCUT2D eigenvalue weighted by Crippen LogP contribution is 2.27. The van der Waals surface area contributed by atoms with Crippen LogP contribution in [0.15, 0.2) is 30.3 Å². The summed E-state index contributed by atoms with van der Waals surface area (Å²) in [6.07, 6.45) is 7.68. The van der Waals surface area contributed by atoms with Crippen LogP contribution < -0.4 is 11.1 Å². The van der Waals surface area contributed by atoms with Crippen LogP contribution in [-0.2, 0) is 9.59 Å². The zero-order valence-electron chi connectivity index (χ0n) is 14.8. The first-order valence-corrected chi connectivity index (χ1v) is 9.54. The Hall–Kier alpha value is -1.88. The van der Waals surface area contributed by atoms with Gasteiger partial charge in [-0.2, -0.15) is 0 Å². The maximum absolute atomic E-state index is 12.7. The Morgan fingerprint density at radius 2 is 1.76 bits per heavy atom. The number of nitrogens with zero attached hydrogens (tertiary/aromatic N) is 1. The van der Waals surface area contributed by atoms with Crippen molar-refractivity contribution in [1.82, 2.24) is 10.2 Å². The smallest absolute Gasteiger partial charge is 0.239 e. The van der Waals surface area contributed by atoms with Crippen molar-refractivity contribution in [3.05, 3.63) is 35.9 Å². The highest BCUT2D eigenvalue weighted by Gasteiger charge is 2.33. The zero-order valence-corrected chi connectivity index (χ0v) is 14.8. The maximum atomic E-state index is 12.7. The van der Waals surface area contributed by atoms with Gasteiger partial charge in [0.2, 0.25) is 11.8 Å². The quantitative estimate of drug-likeness (QED) is 0.862. The van der Waals surface area contributed by atoms with Crippen LogP contribution in [0.25, 0.3) is 0 Å². The summed E-state index contributed by atoms with van der Waals surface area (Å²) in [5, 5.41) is 3.24. The molecule has 5 heteroatoms. The Labute approximate surface area is 150 Å². The van der Waals surface area contributed by atoms with Crippen molar-refractivity contribution in [1.29, 1.82) is 0 Å². The first-order valence-electron chi connectivity index (χ1n) is 9.54. The van der Waals surface area contributed by atoms with E-state index >= 15 is 0 Å². The van der Waals surface area contributed by atoms with Crippen LogP contribution >= 0.6 is 0 Å². The van der Waals surface area contributed by atoms with Gasteiger partial charge in [0, 0.05) is 12.6 Å². The second kappa shape index (κ2) is 8.48. The first kappa shape index (κ1) is 17.9. The van der Waals surface area contributed by atoms with Gasteiger partial charge in [0.25, 0.3) is 0 Å². The predicted molar refractivity (Wildman–Crippen MR) is 97.7 cm³/mol. The van der Waals surface area contributed by atoms with Crippen molar-refractivity contribution in [3.8, 4) is 0 Å². The maximum Gasteiger partial charge on any atom is 0.239 e. The second-order valence-corrected chi connectivity index (χ2v) is 7.39. The number of hydrogen-bond donors (Lipinski definition) is 2. The van der Waals surface area contributed by atoms with Gasteiger partial charge < -0.3 is 11.1 Å². The average molecular weight is 343 g/mol. The number of nitrogens with two attached hydrogens (primary N) is 1. The fourth-order valence-electron chi connectivity index (χ4n) is 4.21. The molecular formula is C20H29N3O2. The molecule has 2 fully saturated rings. The van der Waals surface area contributed by atoms with E-state index in [4.69, 9.17) is 5.73 Å². The number of likely N-dealkylation sites (tertiary alicyclic amines) is 1. The Bertz CT molecular complexity index is 584. The molecule has 1 saturated carbocycles. The van der Waals surface area contributed by atoms with Crippen LogP contribution in [0.4, 0.5) is 0 Å². The van der Waals surface area contributed by atoms with Crippen LogP contribution in [0, 0.1) is 5.92 Å². The molecule has 0 bridgehead atoms. The van der Waals surface area contributed by atoms with Gasteiger partial charge in [-0.3, -0.25) is 14.5 Å². The van der Waals surface area contributed by atoms with Crippen LogP contribution in [0.3, 0.4) is 0 Å². The molecule has 2 atom stereocenters. The van der Waals surface area contributed by atoms with Gasteiger partial charge in [-0.1, -0.05) is 49.6 Å². The summed E-state index contributed by atoms with van der Waals surface area (Å²) in [5.41, 5.74) is 6.60. The molecule has 2 aliphatic rings. The van der Waals surface area contributed by atoms with Gasteiger partial charge in [0.1, 0.15) is 6.04 Å². The summed E-state index contributed by atoms with van der Waals surface area (Å²) < 4.78 is 0. The number of primary amides is 1. The lowest BCUT2D eigenvalue weighted by Gasteiger charge is -2.37. The van der Waals surface area contributed by atoms with Gasteiger partial charge in [0.15, 0.2) is 0 Å². The van der Waals surface area contributed by atoms with E-state index in [0.29, 0.717) is 12.6 Å². The molecule has 0 unspecified atom stereocenters. The van der Waals surface area contributed by atoms with Crippen molar-refractivity contribution in [2.24, 2.45) is 11.7 Å². The minimum atomic E-state index is -0.452. The lowest BCUT2D eigenvalue weighted by Crippen LogP contribution is -2.49. The molecule has 1 saturated heterocycles. The Morgan fingerprint density at radius 1 is 1.04 bits per heavy atom. The number of piperidine rings is 1. The molecule has 3 N–H and O–H groups in total. The van der Waals surface area contributed by atoms with E-state index in [2.05, 4.69) is 10.2 Å².